The Morgan fingerprint density at radius 1 is 0.926 bits per heavy atom. The molecule has 0 unspecified atom stereocenters. The number of sulfonamides is 1. The van der Waals surface area contributed by atoms with Crippen molar-refractivity contribution in [1.82, 2.24) is 9.21 Å². The van der Waals surface area contributed by atoms with Gasteiger partial charge in [-0.05, 0) is 23.6 Å². The summed E-state index contributed by atoms with van der Waals surface area (Å²) in [6, 6.07) is 16.7. The topological polar surface area (TPSA) is 83.7 Å². The van der Waals surface area contributed by atoms with Crippen molar-refractivity contribution in [3.8, 4) is 0 Å². The van der Waals surface area contributed by atoms with Crippen molar-refractivity contribution in [3.05, 3.63) is 65.7 Å². The molecule has 1 aliphatic heterocycles. The number of carbonyl (C=O) groups excluding carboxylic acids is 1. The van der Waals surface area contributed by atoms with Gasteiger partial charge in [-0.1, -0.05) is 48.5 Å². The molecule has 1 amide bonds. The Morgan fingerprint density at radius 2 is 1.56 bits per heavy atom. The first-order valence-corrected chi connectivity index (χ1v) is 10.7. The lowest BCUT2D eigenvalue weighted by atomic mass is 10.1. The van der Waals surface area contributed by atoms with Crippen molar-refractivity contribution in [2.75, 3.05) is 31.9 Å². The highest BCUT2D eigenvalue weighted by Crippen LogP contribution is 2.16. The second-order valence-corrected chi connectivity index (χ2v) is 8.69. The second-order valence-electron chi connectivity index (χ2n) is 6.72. The lowest BCUT2D eigenvalue weighted by Crippen LogP contribution is -2.50. The average molecular weight is 388 g/mol. The fraction of sp³-hybridized carbons (Fsp3) is 0.350. The molecule has 1 fully saturated rings. The van der Waals surface area contributed by atoms with Crippen LogP contribution < -0.4 is 5.73 Å². The van der Waals surface area contributed by atoms with E-state index in [2.05, 4.69) is 0 Å². The van der Waals surface area contributed by atoms with Crippen molar-refractivity contribution in [1.29, 1.82) is 0 Å². The fourth-order valence-corrected chi connectivity index (χ4v) is 4.77. The number of hydrogen-bond donors (Lipinski definition) is 1. The molecule has 7 heteroatoms. The summed E-state index contributed by atoms with van der Waals surface area (Å²) in [6.07, 6.45) is 0.975. The molecule has 0 saturated carbocycles. The predicted molar refractivity (Wildman–Crippen MR) is 106 cm³/mol. The van der Waals surface area contributed by atoms with Crippen LogP contribution in [0.1, 0.15) is 17.5 Å². The Bertz CT molecular complexity index is 876. The highest BCUT2D eigenvalue weighted by Gasteiger charge is 2.28. The van der Waals surface area contributed by atoms with Crippen LogP contribution in [0.3, 0.4) is 0 Å². The molecule has 0 atom stereocenters. The first-order valence-electron chi connectivity index (χ1n) is 9.08. The van der Waals surface area contributed by atoms with Crippen molar-refractivity contribution in [3.63, 3.8) is 0 Å². The number of amides is 1. The van der Waals surface area contributed by atoms with Crippen LogP contribution in [0, 0.1) is 0 Å². The van der Waals surface area contributed by atoms with Crippen LogP contribution in [0.25, 0.3) is 0 Å². The zero-order valence-electron chi connectivity index (χ0n) is 15.3. The molecule has 27 heavy (non-hydrogen) atoms. The molecule has 2 aromatic carbocycles. The van der Waals surface area contributed by atoms with Crippen molar-refractivity contribution < 1.29 is 13.2 Å². The average Bonchev–Trinajstić information content (AvgIpc) is 2.68. The number of carbonyl (C=O) groups is 1. The summed E-state index contributed by atoms with van der Waals surface area (Å²) >= 11 is 0. The van der Waals surface area contributed by atoms with Gasteiger partial charge in [0.2, 0.25) is 15.9 Å². The maximum absolute atomic E-state index is 12.6. The lowest BCUT2D eigenvalue weighted by molar-refractivity contribution is -0.132. The summed E-state index contributed by atoms with van der Waals surface area (Å²) in [5.74, 6) is 0.0353. The van der Waals surface area contributed by atoms with E-state index >= 15 is 0 Å². The first-order chi connectivity index (χ1) is 13.0. The van der Waals surface area contributed by atoms with Crippen LogP contribution >= 0.6 is 0 Å². The van der Waals surface area contributed by atoms with Gasteiger partial charge in [-0.25, -0.2) is 8.42 Å². The molecule has 0 spiro atoms. The number of nitrogens with two attached hydrogens (primary N) is 1. The number of aryl methyl sites for hydroxylation is 1. The Balaban J connectivity index is 1.50. The molecule has 2 N–H and O–H groups in total. The minimum atomic E-state index is -3.37. The Kier molecular flexibility index (Phi) is 6.13. The normalized spacial score (nSPS) is 15.6. The molecular formula is C20H25N3O3S. The summed E-state index contributed by atoms with van der Waals surface area (Å²) < 4.78 is 26.7. The largest absolute Gasteiger partial charge is 0.399 e. The van der Waals surface area contributed by atoms with E-state index in [4.69, 9.17) is 5.73 Å². The van der Waals surface area contributed by atoms with Gasteiger partial charge >= 0.3 is 0 Å². The van der Waals surface area contributed by atoms with E-state index in [1.165, 1.54) is 4.31 Å². The highest BCUT2D eigenvalue weighted by molar-refractivity contribution is 7.88. The van der Waals surface area contributed by atoms with Gasteiger partial charge in [-0.15, -0.1) is 0 Å². The molecule has 1 aliphatic rings. The van der Waals surface area contributed by atoms with E-state index in [1.54, 1.807) is 4.90 Å². The molecule has 0 aliphatic carbocycles. The number of nitrogen functional groups attached to an aromatic ring is 1. The minimum absolute atomic E-state index is 0.00489. The standard InChI is InChI=1S/C20H25N3O3S/c21-19-9-5-4-8-18(19)10-11-20(24)22-12-14-23(15-13-22)27(25,26)16-17-6-2-1-3-7-17/h1-9H,10-16,21H2. The SMILES string of the molecule is Nc1ccccc1CCC(=O)N1CCN(S(=O)(=O)Cc2ccccc2)CC1. The predicted octanol–water partition coefficient (Wildman–Crippen LogP) is 1.88. The number of nitrogens with zero attached hydrogens (tertiary/aromatic N) is 2. The third-order valence-corrected chi connectivity index (χ3v) is 6.69. The van der Waals surface area contributed by atoms with Gasteiger partial charge in [-0.2, -0.15) is 4.31 Å². The molecule has 144 valence electrons. The van der Waals surface area contributed by atoms with Crippen LogP contribution in [-0.4, -0.2) is 49.7 Å². The maximum atomic E-state index is 12.6. The Morgan fingerprint density at radius 3 is 2.22 bits per heavy atom. The van der Waals surface area contributed by atoms with E-state index in [9.17, 15) is 13.2 Å². The van der Waals surface area contributed by atoms with Gasteiger partial charge in [-0.3, -0.25) is 4.79 Å². The van der Waals surface area contributed by atoms with Crippen LogP contribution in [0.15, 0.2) is 54.6 Å². The fourth-order valence-electron chi connectivity index (χ4n) is 3.25. The van der Waals surface area contributed by atoms with Crippen LogP contribution in [0.4, 0.5) is 5.69 Å². The van der Waals surface area contributed by atoms with Gasteiger partial charge in [0.05, 0.1) is 5.75 Å². The third kappa shape index (κ3) is 5.08. The first kappa shape index (κ1) is 19.4. The number of rotatable bonds is 6. The molecule has 0 aromatic heterocycles. The minimum Gasteiger partial charge on any atom is -0.399 e. The summed E-state index contributed by atoms with van der Waals surface area (Å²) in [6.45, 7) is 1.54. The number of hydrogen-bond acceptors (Lipinski definition) is 4. The number of piperazine rings is 1. The van der Waals surface area contributed by atoms with E-state index in [-0.39, 0.29) is 11.7 Å². The van der Waals surface area contributed by atoms with Crippen LogP contribution in [0.2, 0.25) is 0 Å². The summed E-state index contributed by atoms with van der Waals surface area (Å²) in [4.78, 5) is 14.2. The van der Waals surface area contributed by atoms with E-state index in [0.717, 1.165) is 11.1 Å². The van der Waals surface area contributed by atoms with Gasteiger partial charge in [0.15, 0.2) is 0 Å². The van der Waals surface area contributed by atoms with Crippen molar-refractivity contribution in [2.45, 2.75) is 18.6 Å². The summed E-state index contributed by atoms with van der Waals surface area (Å²) in [5.41, 5.74) is 8.35. The molecule has 3 rings (SSSR count). The summed E-state index contributed by atoms with van der Waals surface area (Å²) in [5, 5.41) is 0. The molecular weight excluding hydrogens is 362 g/mol. The van der Waals surface area contributed by atoms with Crippen LogP contribution in [-0.2, 0) is 27.0 Å². The molecule has 1 saturated heterocycles. The zero-order chi connectivity index (χ0) is 19.3. The Labute approximate surface area is 160 Å². The number of benzene rings is 2. The zero-order valence-corrected chi connectivity index (χ0v) is 16.1. The van der Waals surface area contributed by atoms with Crippen LogP contribution in [0.5, 0.6) is 0 Å². The lowest BCUT2D eigenvalue weighted by Gasteiger charge is -2.34. The molecule has 6 nitrogen and oxygen atoms in total. The van der Waals surface area contributed by atoms with Crippen molar-refractivity contribution in [2.24, 2.45) is 0 Å². The van der Waals surface area contributed by atoms with E-state index < -0.39 is 10.0 Å². The van der Waals surface area contributed by atoms with Gasteiger partial charge < -0.3 is 10.6 Å². The highest BCUT2D eigenvalue weighted by atomic mass is 32.2. The number of anilines is 1. The molecule has 0 bridgehead atoms. The van der Waals surface area contributed by atoms with Gasteiger partial charge in [0.1, 0.15) is 0 Å². The monoisotopic (exact) mass is 387 g/mol. The smallest absolute Gasteiger partial charge is 0.222 e. The molecule has 0 radical (unpaired) electrons. The van der Waals surface area contributed by atoms with Gasteiger partial charge in [0, 0.05) is 38.3 Å². The summed E-state index contributed by atoms with van der Waals surface area (Å²) in [7, 11) is -3.37. The third-order valence-electron chi connectivity index (χ3n) is 4.84. The van der Waals surface area contributed by atoms with E-state index in [0.29, 0.717) is 44.7 Å². The maximum Gasteiger partial charge on any atom is 0.222 e. The second kappa shape index (κ2) is 8.54. The Hall–Kier alpha value is -2.38. The van der Waals surface area contributed by atoms with E-state index in [1.807, 2.05) is 54.6 Å². The molecule has 1 heterocycles. The quantitative estimate of drug-likeness (QED) is 0.767. The van der Waals surface area contributed by atoms with Gasteiger partial charge in [0.25, 0.3) is 0 Å². The molecule has 2 aromatic rings. The number of para-hydroxylation sites is 1. The van der Waals surface area contributed by atoms with Crippen molar-refractivity contribution >= 4 is 21.6 Å².